The predicted octanol–water partition coefficient (Wildman–Crippen LogP) is 3.51. The molecule has 13 heteroatoms. The van der Waals surface area contributed by atoms with Crippen LogP contribution in [0.15, 0.2) is 48.5 Å². The minimum atomic E-state index is -4.69. The molecule has 194 valence electrons. The summed E-state index contributed by atoms with van der Waals surface area (Å²) in [6, 6.07) is 11.1. The minimum absolute atomic E-state index is 0.0736. The fourth-order valence-electron chi connectivity index (χ4n) is 3.32. The molecule has 0 bridgehead atoms. The third kappa shape index (κ3) is 6.82. The second-order valence-corrected chi connectivity index (χ2v) is 9.85. The highest BCUT2D eigenvalue weighted by Crippen LogP contribution is 2.30. The van der Waals surface area contributed by atoms with Gasteiger partial charge in [-0.2, -0.15) is 18.3 Å². The topological polar surface area (TPSA) is 102 Å². The number of nitrogens with one attached hydrogen (secondary N) is 2. The van der Waals surface area contributed by atoms with Crippen LogP contribution in [0.2, 0.25) is 0 Å². The average Bonchev–Trinajstić information content (AvgIpc) is 3.25. The molecule has 0 radical (unpaired) electrons. The number of carbonyl (C=O) groups excluding carboxylic acids is 1. The highest BCUT2D eigenvalue weighted by molar-refractivity contribution is 7.88. The largest absolute Gasteiger partial charge is 0.497 e. The number of hydrogen-bond donors (Lipinski definition) is 2. The lowest BCUT2D eigenvalue weighted by Crippen LogP contribution is -2.28. The highest BCUT2D eigenvalue weighted by Gasteiger charge is 2.35. The molecule has 0 aliphatic carbocycles. The van der Waals surface area contributed by atoms with Gasteiger partial charge in [-0.1, -0.05) is 18.2 Å². The van der Waals surface area contributed by atoms with E-state index in [0.717, 1.165) is 23.1 Å². The fourth-order valence-corrected chi connectivity index (χ4v) is 3.73. The van der Waals surface area contributed by atoms with Crippen molar-refractivity contribution in [1.82, 2.24) is 19.8 Å². The van der Waals surface area contributed by atoms with Gasteiger partial charge in [0.25, 0.3) is 0 Å². The Hall–Kier alpha value is -3.45. The second kappa shape index (κ2) is 10.7. The first kappa shape index (κ1) is 27.1. The summed E-state index contributed by atoms with van der Waals surface area (Å²) in [6.07, 6.45) is -3.75. The van der Waals surface area contributed by atoms with Crippen molar-refractivity contribution in [3.63, 3.8) is 0 Å². The maximum absolute atomic E-state index is 14.4. The lowest BCUT2D eigenvalue weighted by Gasteiger charge is -2.15. The molecule has 3 aromatic rings. The maximum atomic E-state index is 14.4. The van der Waals surface area contributed by atoms with Gasteiger partial charge in [-0.05, 0) is 36.8 Å². The number of benzene rings is 2. The van der Waals surface area contributed by atoms with Gasteiger partial charge in [-0.25, -0.2) is 22.2 Å². The summed E-state index contributed by atoms with van der Waals surface area (Å²) >= 11 is 0. The molecular weight excluding hydrogens is 504 g/mol. The van der Waals surface area contributed by atoms with E-state index in [2.05, 4.69) is 15.1 Å². The Morgan fingerprint density at radius 3 is 2.47 bits per heavy atom. The molecule has 2 aromatic carbocycles. The van der Waals surface area contributed by atoms with Crippen LogP contribution in [0.1, 0.15) is 35.4 Å². The van der Waals surface area contributed by atoms with Crippen molar-refractivity contribution in [1.29, 1.82) is 0 Å². The molecular formula is C23H24F4N4O4S. The highest BCUT2D eigenvalue weighted by atomic mass is 32.2. The normalized spacial score (nSPS) is 12.9. The van der Waals surface area contributed by atoms with Crippen molar-refractivity contribution in [2.24, 2.45) is 0 Å². The van der Waals surface area contributed by atoms with E-state index in [0.29, 0.717) is 17.0 Å². The van der Waals surface area contributed by atoms with Gasteiger partial charge >= 0.3 is 6.18 Å². The molecule has 2 N–H and O–H groups in total. The molecule has 0 aliphatic rings. The lowest BCUT2D eigenvalue weighted by molar-refractivity contribution is -0.141. The number of alkyl halides is 3. The predicted molar refractivity (Wildman–Crippen MR) is 123 cm³/mol. The van der Waals surface area contributed by atoms with Gasteiger partial charge in [-0.3, -0.25) is 4.79 Å². The van der Waals surface area contributed by atoms with Gasteiger partial charge in [0.1, 0.15) is 11.6 Å². The van der Waals surface area contributed by atoms with Crippen molar-refractivity contribution < 1.29 is 35.5 Å². The van der Waals surface area contributed by atoms with E-state index in [-0.39, 0.29) is 24.3 Å². The summed E-state index contributed by atoms with van der Waals surface area (Å²) in [5, 5.41) is 6.22. The summed E-state index contributed by atoms with van der Waals surface area (Å²) in [5.41, 5.74) is -0.334. The van der Waals surface area contributed by atoms with Crippen molar-refractivity contribution in [2.75, 3.05) is 13.4 Å². The number of hydrogen-bond acceptors (Lipinski definition) is 5. The number of rotatable bonds is 9. The van der Waals surface area contributed by atoms with Gasteiger partial charge in [0.15, 0.2) is 5.69 Å². The molecule has 1 atom stereocenters. The first-order chi connectivity index (χ1) is 16.8. The van der Waals surface area contributed by atoms with E-state index in [1.54, 1.807) is 18.2 Å². The third-order valence-corrected chi connectivity index (χ3v) is 5.98. The van der Waals surface area contributed by atoms with Crippen LogP contribution in [-0.4, -0.2) is 37.5 Å². The maximum Gasteiger partial charge on any atom is 0.435 e. The van der Waals surface area contributed by atoms with Gasteiger partial charge in [-0.15, -0.1) is 0 Å². The van der Waals surface area contributed by atoms with Crippen LogP contribution in [0.5, 0.6) is 5.75 Å². The molecule has 1 amide bonds. The Kier molecular flexibility index (Phi) is 8.04. The SMILES string of the molecule is COc1cccc(-n2nc(C(F)(F)F)cc2CNC(=O)C(C)c2ccc(CNS(C)(=O)=O)c(F)c2)c1. The van der Waals surface area contributed by atoms with Crippen LogP contribution >= 0.6 is 0 Å². The van der Waals surface area contributed by atoms with Crippen LogP contribution in [0.25, 0.3) is 5.69 Å². The molecule has 0 fully saturated rings. The Morgan fingerprint density at radius 2 is 1.86 bits per heavy atom. The molecule has 3 rings (SSSR count). The molecule has 1 heterocycles. The quantitative estimate of drug-likeness (QED) is 0.414. The first-order valence-corrected chi connectivity index (χ1v) is 12.5. The number of halogens is 4. The Labute approximate surface area is 205 Å². The average molecular weight is 529 g/mol. The van der Waals surface area contributed by atoms with Crippen molar-refractivity contribution >= 4 is 15.9 Å². The van der Waals surface area contributed by atoms with Gasteiger partial charge in [0.2, 0.25) is 15.9 Å². The zero-order chi connectivity index (χ0) is 26.7. The number of aromatic nitrogens is 2. The van der Waals surface area contributed by atoms with E-state index < -0.39 is 39.5 Å². The van der Waals surface area contributed by atoms with Crippen LogP contribution in [0.4, 0.5) is 17.6 Å². The fraction of sp³-hybridized carbons (Fsp3) is 0.304. The lowest BCUT2D eigenvalue weighted by atomic mass is 9.98. The van der Waals surface area contributed by atoms with Gasteiger partial charge in [0.05, 0.1) is 37.2 Å². The van der Waals surface area contributed by atoms with Crippen molar-refractivity contribution in [2.45, 2.75) is 32.1 Å². The molecule has 1 unspecified atom stereocenters. The zero-order valence-corrected chi connectivity index (χ0v) is 20.4. The van der Waals surface area contributed by atoms with Crippen LogP contribution in [0, 0.1) is 5.82 Å². The minimum Gasteiger partial charge on any atom is -0.497 e. The first-order valence-electron chi connectivity index (χ1n) is 10.6. The summed E-state index contributed by atoms with van der Waals surface area (Å²) in [5.74, 6) is -1.68. The number of ether oxygens (including phenoxy) is 1. The van der Waals surface area contributed by atoms with E-state index in [9.17, 15) is 30.8 Å². The van der Waals surface area contributed by atoms with Crippen molar-refractivity contribution in [3.05, 3.63) is 76.9 Å². The third-order valence-electron chi connectivity index (χ3n) is 5.31. The molecule has 0 aliphatic heterocycles. The molecule has 0 saturated heterocycles. The smallest absolute Gasteiger partial charge is 0.435 e. The van der Waals surface area contributed by atoms with E-state index in [1.165, 1.54) is 32.2 Å². The van der Waals surface area contributed by atoms with E-state index in [4.69, 9.17) is 4.74 Å². The monoisotopic (exact) mass is 528 g/mol. The van der Waals surface area contributed by atoms with Gasteiger partial charge < -0.3 is 10.1 Å². The molecule has 36 heavy (non-hydrogen) atoms. The number of carbonyl (C=O) groups is 1. The summed E-state index contributed by atoms with van der Waals surface area (Å²) < 4.78 is 85.2. The Balaban J connectivity index is 1.78. The van der Waals surface area contributed by atoms with Crippen LogP contribution in [-0.2, 0) is 34.1 Å². The second-order valence-electron chi connectivity index (χ2n) is 8.02. The van der Waals surface area contributed by atoms with E-state index >= 15 is 0 Å². The van der Waals surface area contributed by atoms with Crippen LogP contribution in [0.3, 0.4) is 0 Å². The molecule has 8 nitrogen and oxygen atoms in total. The van der Waals surface area contributed by atoms with E-state index in [1.807, 2.05) is 0 Å². The molecule has 0 spiro atoms. The number of sulfonamides is 1. The standard InChI is InChI=1S/C23H24F4N4O4S/c1-14(15-7-8-16(20(24)9-15)12-29-36(3,33)34)22(32)28-13-18-11-21(23(25,26)27)30-31(18)17-5-4-6-19(10-17)35-2/h4-11,14,29H,12-13H2,1-3H3,(H,28,32). The summed E-state index contributed by atoms with van der Waals surface area (Å²) in [7, 11) is -2.09. The summed E-state index contributed by atoms with van der Waals surface area (Å²) in [6.45, 7) is 0.989. The number of methoxy groups -OCH3 is 1. The molecule has 1 aromatic heterocycles. The Morgan fingerprint density at radius 1 is 1.14 bits per heavy atom. The number of nitrogens with zero attached hydrogens (tertiary/aromatic N) is 2. The summed E-state index contributed by atoms with van der Waals surface area (Å²) in [4.78, 5) is 12.7. The van der Waals surface area contributed by atoms with Gasteiger partial charge in [0, 0.05) is 18.2 Å². The molecule has 0 saturated carbocycles. The van der Waals surface area contributed by atoms with Crippen molar-refractivity contribution in [3.8, 4) is 11.4 Å². The van der Waals surface area contributed by atoms with Crippen LogP contribution < -0.4 is 14.8 Å². The zero-order valence-electron chi connectivity index (χ0n) is 19.6. The number of amides is 1. The Bertz CT molecular complexity index is 1360.